The van der Waals surface area contributed by atoms with Crippen LogP contribution < -0.4 is 10.2 Å². The predicted molar refractivity (Wildman–Crippen MR) is 106 cm³/mol. The number of fused-ring (bicyclic) bond motifs is 1. The molecule has 0 spiro atoms. The van der Waals surface area contributed by atoms with Gasteiger partial charge in [0, 0.05) is 5.56 Å². The largest absolute Gasteiger partial charge is 0.508 e. The van der Waals surface area contributed by atoms with Gasteiger partial charge in [-0.2, -0.15) is 0 Å². The molecule has 1 fully saturated rings. The van der Waals surface area contributed by atoms with Crippen LogP contribution in [0.5, 0.6) is 17.2 Å². The molecule has 1 aliphatic heterocycles. The number of aliphatic hydroxyl groups is 4. The summed E-state index contributed by atoms with van der Waals surface area (Å²) in [6.45, 7) is -0.678. The first-order chi connectivity index (χ1) is 14.8. The molecular weight excluding hydrogens is 412 g/mol. The van der Waals surface area contributed by atoms with E-state index >= 15 is 0 Å². The van der Waals surface area contributed by atoms with Crippen molar-refractivity contribution in [3.05, 3.63) is 52.7 Å². The Morgan fingerprint density at radius 1 is 0.935 bits per heavy atom. The summed E-state index contributed by atoms with van der Waals surface area (Å²) in [4.78, 5) is 13.2. The molecule has 5 atom stereocenters. The molecule has 1 saturated heterocycles. The third kappa shape index (κ3) is 3.71. The second kappa shape index (κ2) is 8.17. The number of ether oxygens (including phenoxy) is 2. The van der Waals surface area contributed by atoms with Crippen molar-refractivity contribution in [1.29, 1.82) is 0 Å². The van der Waals surface area contributed by atoms with Crippen LogP contribution in [-0.4, -0.2) is 68.0 Å². The maximum atomic E-state index is 13.2. The number of phenols is 2. The van der Waals surface area contributed by atoms with Crippen LogP contribution >= 0.6 is 0 Å². The summed E-state index contributed by atoms with van der Waals surface area (Å²) < 4.78 is 16.7. The fourth-order valence-corrected chi connectivity index (χ4v) is 3.40. The third-order valence-electron chi connectivity index (χ3n) is 5.07. The molecule has 6 N–H and O–H groups in total. The lowest BCUT2D eigenvalue weighted by Crippen LogP contribution is -2.60. The van der Waals surface area contributed by atoms with Gasteiger partial charge in [-0.25, -0.2) is 0 Å². The molecule has 164 valence electrons. The number of benzene rings is 2. The molecule has 5 unspecified atom stereocenters. The van der Waals surface area contributed by atoms with E-state index in [1.54, 1.807) is 0 Å². The Bertz CT molecular complexity index is 1140. The molecule has 3 aromatic rings. The quantitative estimate of drug-likeness (QED) is 0.331. The fourth-order valence-electron chi connectivity index (χ4n) is 3.40. The number of hydrogen-bond acceptors (Lipinski definition) is 10. The van der Waals surface area contributed by atoms with Crippen LogP contribution in [0.15, 0.2) is 51.7 Å². The van der Waals surface area contributed by atoms with Gasteiger partial charge in [-0.1, -0.05) is 6.07 Å². The zero-order valence-corrected chi connectivity index (χ0v) is 16.0. The van der Waals surface area contributed by atoms with E-state index in [1.165, 1.54) is 42.5 Å². The number of hydrogen-bond donors (Lipinski definition) is 6. The first-order valence-electron chi connectivity index (χ1n) is 9.37. The van der Waals surface area contributed by atoms with Crippen LogP contribution in [0.4, 0.5) is 0 Å². The van der Waals surface area contributed by atoms with Gasteiger partial charge in [-0.05, 0) is 36.4 Å². The maximum absolute atomic E-state index is 13.2. The Morgan fingerprint density at radius 3 is 2.32 bits per heavy atom. The number of aromatic hydroxyl groups is 2. The summed E-state index contributed by atoms with van der Waals surface area (Å²) in [5.41, 5.74) is -0.381. The van der Waals surface area contributed by atoms with E-state index in [-0.39, 0.29) is 28.2 Å². The highest BCUT2D eigenvalue weighted by molar-refractivity contribution is 5.87. The highest BCUT2D eigenvalue weighted by Crippen LogP contribution is 2.35. The van der Waals surface area contributed by atoms with E-state index in [0.29, 0.717) is 5.56 Å². The van der Waals surface area contributed by atoms with Crippen molar-refractivity contribution in [2.45, 2.75) is 30.7 Å². The van der Waals surface area contributed by atoms with Crippen LogP contribution in [0.2, 0.25) is 0 Å². The van der Waals surface area contributed by atoms with Crippen molar-refractivity contribution in [2.24, 2.45) is 0 Å². The predicted octanol–water partition coefficient (Wildman–Crippen LogP) is 0.0499. The summed E-state index contributed by atoms with van der Waals surface area (Å²) in [7, 11) is 0. The van der Waals surface area contributed by atoms with E-state index in [2.05, 4.69) is 0 Å². The van der Waals surface area contributed by atoms with Crippen molar-refractivity contribution in [1.82, 2.24) is 0 Å². The van der Waals surface area contributed by atoms with Gasteiger partial charge in [-0.3, -0.25) is 4.79 Å². The topological polar surface area (TPSA) is 170 Å². The van der Waals surface area contributed by atoms with Gasteiger partial charge in [0.15, 0.2) is 5.76 Å². The number of phenolic OH excluding ortho intramolecular Hbond substituents is 2. The maximum Gasteiger partial charge on any atom is 0.239 e. The molecule has 31 heavy (non-hydrogen) atoms. The van der Waals surface area contributed by atoms with Crippen LogP contribution in [0.25, 0.3) is 22.3 Å². The van der Waals surface area contributed by atoms with Gasteiger partial charge >= 0.3 is 0 Å². The van der Waals surface area contributed by atoms with E-state index in [0.717, 1.165) is 0 Å². The molecule has 0 aliphatic carbocycles. The van der Waals surface area contributed by atoms with Crippen molar-refractivity contribution in [3.63, 3.8) is 0 Å². The summed E-state index contributed by atoms with van der Waals surface area (Å²) in [5.74, 6) is -0.910. The Kier molecular flexibility index (Phi) is 5.56. The summed E-state index contributed by atoms with van der Waals surface area (Å²) in [6.07, 6.45) is -7.97. The average Bonchev–Trinajstić information content (AvgIpc) is 2.76. The molecule has 1 aromatic heterocycles. The normalized spacial score (nSPS) is 26.1. The summed E-state index contributed by atoms with van der Waals surface area (Å²) >= 11 is 0. The lowest BCUT2D eigenvalue weighted by atomic mass is 9.99. The van der Waals surface area contributed by atoms with E-state index in [1.807, 2.05) is 0 Å². The first-order valence-corrected chi connectivity index (χ1v) is 9.37. The van der Waals surface area contributed by atoms with Crippen LogP contribution in [0, 0.1) is 0 Å². The minimum absolute atomic E-state index is 0.0269. The Labute approximate surface area is 174 Å². The monoisotopic (exact) mass is 432 g/mol. The molecule has 0 bridgehead atoms. The zero-order chi connectivity index (χ0) is 22.3. The van der Waals surface area contributed by atoms with Crippen LogP contribution in [0.3, 0.4) is 0 Å². The van der Waals surface area contributed by atoms with Crippen molar-refractivity contribution < 1.29 is 44.5 Å². The molecular formula is C21H20O10. The highest BCUT2D eigenvalue weighted by atomic mass is 16.7. The Balaban J connectivity index is 1.86. The van der Waals surface area contributed by atoms with Gasteiger partial charge in [0.2, 0.25) is 17.5 Å². The van der Waals surface area contributed by atoms with Crippen LogP contribution in [0.1, 0.15) is 0 Å². The van der Waals surface area contributed by atoms with Crippen molar-refractivity contribution in [2.75, 3.05) is 6.61 Å². The van der Waals surface area contributed by atoms with Gasteiger partial charge in [-0.15, -0.1) is 0 Å². The highest BCUT2D eigenvalue weighted by Gasteiger charge is 2.45. The molecule has 0 amide bonds. The molecule has 10 heteroatoms. The van der Waals surface area contributed by atoms with Gasteiger partial charge in [0.25, 0.3) is 0 Å². The number of rotatable bonds is 4. The van der Waals surface area contributed by atoms with Crippen molar-refractivity contribution in [3.8, 4) is 28.6 Å². The van der Waals surface area contributed by atoms with E-state index in [4.69, 9.17) is 13.9 Å². The second-order valence-electron chi connectivity index (χ2n) is 7.10. The fraction of sp³-hybridized carbons (Fsp3) is 0.286. The lowest BCUT2D eigenvalue weighted by molar-refractivity contribution is -0.277. The van der Waals surface area contributed by atoms with Gasteiger partial charge in [0.1, 0.15) is 46.9 Å². The van der Waals surface area contributed by atoms with Gasteiger partial charge in [0.05, 0.1) is 6.61 Å². The first kappa shape index (κ1) is 21.1. The summed E-state index contributed by atoms with van der Waals surface area (Å²) in [5, 5.41) is 59.1. The van der Waals surface area contributed by atoms with E-state index in [9.17, 15) is 35.4 Å². The Morgan fingerprint density at radius 2 is 1.65 bits per heavy atom. The summed E-state index contributed by atoms with van der Waals surface area (Å²) in [6, 6.07) is 9.89. The van der Waals surface area contributed by atoms with Gasteiger partial charge < -0.3 is 44.5 Å². The van der Waals surface area contributed by atoms with Crippen LogP contribution in [-0.2, 0) is 4.74 Å². The zero-order valence-electron chi connectivity index (χ0n) is 16.0. The Hall–Kier alpha value is -3.15. The minimum Gasteiger partial charge on any atom is -0.508 e. The molecule has 2 heterocycles. The second-order valence-corrected chi connectivity index (χ2v) is 7.10. The molecule has 0 saturated carbocycles. The molecule has 1 aliphatic rings. The molecule has 4 rings (SSSR count). The minimum atomic E-state index is -1.76. The number of aliphatic hydroxyl groups excluding tert-OH is 4. The standard InChI is InChI=1S/C21H20O10/c22-8-13-15(25)17(27)18(28)21(30-13)31-20-16(26)14-11(24)2-1-3-12(14)29-19(20)9-4-6-10(23)7-5-9/h1-7,13,15,17-18,21-25,27-28H,8H2. The lowest BCUT2D eigenvalue weighted by Gasteiger charge is -2.39. The molecule has 2 aromatic carbocycles. The smallest absolute Gasteiger partial charge is 0.239 e. The SMILES string of the molecule is O=c1c(OC2OC(CO)C(O)C(O)C2O)c(-c2ccc(O)cc2)oc2cccc(O)c12. The molecule has 10 nitrogen and oxygen atoms in total. The third-order valence-corrected chi connectivity index (χ3v) is 5.07. The average molecular weight is 432 g/mol. The van der Waals surface area contributed by atoms with Crippen molar-refractivity contribution >= 4 is 11.0 Å². The molecule has 0 radical (unpaired) electrons. The van der Waals surface area contributed by atoms with E-state index < -0.39 is 48.5 Å².